The quantitative estimate of drug-likeness (QED) is 0.118. The van der Waals surface area contributed by atoms with Crippen LogP contribution in [0, 0.1) is 0 Å². The van der Waals surface area contributed by atoms with Crippen LogP contribution in [0.1, 0.15) is 20.3 Å². The van der Waals surface area contributed by atoms with Gasteiger partial charge in [0.25, 0.3) is 0 Å². The van der Waals surface area contributed by atoms with Gasteiger partial charge in [0.1, 0.15) is 42.7 Å². The minimum Gasteiger partial charge on any atom is -0.466 e. The molecule has 200 valence electrons. The Morgan fingerprint density at radius 3 is 2.00 bits per heavy atom. The fourth-order valence-corrected chi connectivity index (χ4v) is 4.07. The summed E-state index contributed by atoms with van der Waals surface area (Å²) in [6.07, 6.45) is -8.07. The summed E-state index contributed by atoms with van der Waals surface area (Å²) in [6.45, 7) is 1.09. The summed E-state index contributed by atoms with van der Waals surface area (Å²) in [5.74, 6) is -1.69. The van der Waals surface area contributed by atoms with Gasteiger partial charge in [-0.15, -0.1) is 0 Å². The molecule has 2 rings (SSSR count). The molecule has 0 bridgehead atoms. The van der Waals surface area contributed by atoms with Crippen LogP contribution in [0.15, 0.2) is 12.2 Å². The van der Waals surface area contributed by atoms with Gasteiger partial charge in [-0.3, -0.25) is 9.59 Å². The lowest BCUT2D eigenvalue weighted by molar-refractivity contribution is -0.314. The Kier molecular flexibility index (Phi) is 11.0. The number of aliphatic hydroxyl groups is 5. The third-order valence-corrected chi connectivity index (χ3v) is 5.74. The normalized spacial score (nSPS) is 37.6. The predicted molar refractivity (Wildman–Crippen MR) is 115 cm³/mol. The summed E-state index contributed by atoms with van der Waals surface area (Å²) in [4.78, 5) is 34.8. The molecular weight excluding hydrogens is 472 g/mol. The number of methoxy groups -OCH3 is 1. The largest absolute Gasteiger partial charge is 0.466 e. The Morgan fingerprint density at radius 1 is 0.857 bits per heavy atom. The summed E-state index contributed by atoms with van der Waals surface area (Å²) >= 11 is 0. The van der Waals surface area contributed by atoms with E-state index in [1.807, 2.05) is 0 Å². The maximum atomic E-state index is 11.8. The lowest BCUT2D eigenvalue weighted by Crippen LogP contribution is -2.69. The van der Waals surface area contributed by atoms with Crippen LogP contribution in [0.4, 0.5) is 0 Å². The summed E-state index contributed by atoms with van der Waals surface area (Å²) in [5.41, 5.74) is 0. The van der Waals surface area contributed by atoms with E-state index in [4.69, 9.17) is 14.2 Å². The van der Waals surface area contributed by atoms with Crippen molar-refractivity contribution in [2.75, 3.05) is 20.3 Å². The van der Waals surface area contributed by atoms with Gasteiger partial charge in [-0.05, 0) is 6.42 Å². The van der Waals surface area contributed by atoms with Crippen molar-refractivity contribution in [3.05, 3.63) is 12.2 Å². The molecule has 2 aliphatic heterocycles. The van der Waals surface area contributed by atoms with Crippen LogP contribution in [0.25, 0.3) is 0 Å². The van der Waals surface area contributed by atoms with Gasteiger partial charge in [-0.2, -0.15) is 0 Å². The number of carbonyl (C=O) groups excluding carboxylic acids is 3. The van der Waals surface area contributed by atoms with Crippen LogP contribution in [0.3, 0.4) is 0 Å². The first kappa shape index (κ1) is 29.1. The minimum absolute atomic E-state index is 0.0618. The van der Waals surface area contributed by atoms with Crippen LogP contribution >= 0.6 is 0 Å². The second-order valence-corrected chi connectivity index (χ2v) is 8.31. The Labute approximate surface area is 201 Å². The molecule has 0 aromatic rings. The standard InChI is InChI=1S/C21H34N2O12/c1-9(26)22-15-11(5-4-6-14(28)32-3)33-13(8-25)20(19(15)31)35-21-16(23-10(2)27)18(30)17(29)12(7-24)34-21/h4,6,11-13,15-21,24-25,29-31H,5,7-8H2,1-3H3,(H,22,26)(H,23,27)/b6-4+/t11-,12+,13+,15-,16+,17+,18+,19+,20+,21-/m0/s1. The van der Waals surface area contributed by atoms with Crippen LogP contribution in [-0.4, -0.2) is 125 Å². The van der Waals surface area contributed by atoms with E-state index < -0.39 is 92.1 Å². The maximum Gasteiger partial charge on any atom is 0.330 e. The smallest absolute Gasteiger partial charge is 0.330 e. The van der Waals surface area contributed by atoms with Crippen LogP contribution in [0.2, 0.25) is 0 Å². The summed E-state index contributed by atoms with van der Waals surface area (Å²) in [5, 5.41) is 56.1. The van der Waals surface area contributed by atoms with Crippen molar-refractivity contribution < 1.29 is 58.9 Å². The fourth-order valence-electron chi connectivity index (χ4n) is 4.07. The van der Waals surface area contributed by atoms with E-state index in [0.717, 1.165) is 6.08 Å². The van der Waals surface area contributed by atoms with Crippen molar-refractivity contribution in [2.45, 2.75) is 81.4 Å². The van der Waals surface area contributed by atoms with Crippen LogP contribution < -0.4 is 10.6 Å². The summed E-state index contributed by atoms with van der Waals surface area (Å²) in [7, 11) is 1.20. The van der Waals surface area contributed by atoms with Gasteiger partial charge in [0.2, 0.25) is 11.8 Å². The first-order chi connectivity index (χ1) is 16.5. The number of rotatable bonds is 9. The maximum absolute atomic E-state index is 11.8. The highest BCUT2D eigenvalue weighted by Gasteiger charge is 2.51. The second kappa shape index (κ2) is 13.2. The average molecular weight is 507 g/mol. The van der Waals surface area contributed by atoms with E-state index in [-0.39, 0.29) is 6.42 Å². The van der Waals surface area contributed by atoms with Crippen molar-refractivity contribution in [1.82, 2.24) is 10.6 Å². The number of hydrogen-bond donors (Lipinski definition) is 7. The highest BCUT2D eigenvalue weighted by molar-refractivity contribution is 5.81. The lowest BCUT2D eigenvalue weighted by Gasteiger charge is -2.48. The monoisotopic (exact) mass is 506 g/mol. The third kappa shape index (κ3) is 7.41. The van der Waals surface area contributed by atoms with Gasteiger partial charge in [0, 0.05) is 19.9 Å². The van der Waals surface area contributed by atoms with E-state index in [1.54, 1.807) is 0 Å². The molecular formula is C21H34N2O12. The zero-order chi connectivity index (χ0) is 26.3. The molecule has 2 fully saturated rings. The molecule has 0 unspecified atom stereocenters. The van der Waals surface area contributed by atoms with Gasteiger partial charge in [-0.25, -0.2) is 4.79 Å². The van der Waals surface area contributed by atoms with Gasteiger partial charge in [-0.1, -0.05) is 6.08 Å². The van der Waals surface area contributed by atoms with E-state index in [1.165, 1.54) is 27.0 Å². The Morgan fingerprint density at radius 2 is 1.46 bits per heavy atom. The fraction of sp³-hybridized carbons (Fsp3) is 0.762. The summed E-state index contributed by atoms with van der Waals surface area (Å²) in [6, 6.07) is -2.34. The zero-order valence-electron chi connectivity index (χ0n) is 19.6. The molecule has 0 spiro atoms. The Hall–Kier alpha value is -2.17. The molecule has 2 saturated heterocycles. The molecule has 2 aliphatic rings. The van der Waals surface area contributed by atoms with E-state index in [0.29, 0.717) is 0 Å². The number of carbonyl (C=O) groups is 3. The van der Waals surface area contributed by atoms with Crippen LogP contribution in [0.5, 0.6) is 0 Å². The SMILES string of the molecule is COC(=O)/C=C/C[C@@H]1O[C@H](CO)[C@@H](O[C@@H]2O[C@H](CO)[C@@H](O)[C@H](O)[C@H]2NC(C)=O)[C@H](O)[C@H]1NC(C)=O. The molecule has 2 heterocycles. The van der Waals surface area contributed by atoms with Gasteiger partial charge < -0.3 is 55.1 Å². The first-order valence-corrected chi connectivity index (χ1v) is 11.0. The average Bonchev–Trinajstić information content (AvgIpc) is 2.81. The van der Waals surface area contributed by atoms with E-state index in [9.17, 15) is 39.9 Å². The second-order valence-electron chi connectivity index (χ2n) is 8.31. The molecule has 2 amide bonds. The number of aliphatic hydroxyl groups excluding tert-OH is 5. The molecule has 10 atom stereocenters. The molecule has 0 radical (unpaired) electrons. The van der Waals surface area contributed by atoms with Crippen molar-refractivity contribution in [2.24, 2.45) is 0 Å². The van der Waals surface area contributed by atoms with Crippen LogP contribution in [-0.2, 0) is 33.3 Å². The molecule has 0 aromatic heterocycles. The highest BCUT2D eigenvalue weighted by Crippen LogP contribution is 2.30. The molecule has 0 saturated carbocycles. The Balaban J connectivity index is 2.29. The molecule has 35 heavy (non-hydrogen) atoms. The molecule has 14 heteroatoms. The molecule has 0 aliphatic carbocycles. The van der Waals surface area contributed by atoms with Gasteiger partial charge in [0.05, 0.1) is 32.5 Å². The number of amides is 2. The Bertz CT molecular complexity index is 765. The minimum atomic E-state index is -1.59. The van der Waals surface area contributed by atoms with Crippen molar-refractivity contribution >= 4 is 17.8 Å². The van der Waals surface area contributed by atoms with Gasteiger partial charge in [0.15, 0.2) is 6.29 Å². The number of nitrogens with one attached hydrogen (secondary N) is 2. The first-order valence-electron chi connectivity index (χ1n) is 11.0. The lowest BCUT2D eigenvalue weighted by atomic mass is 9.90. The number of esters is 1. The predicted octanol–water partition coefficient (Wildman–Crippen LogP) is -3.94. The molecule has 0 aromatic carbocycles. The van der Waals surface area contributed by atoms with E-state index in [2.05, 4.69) is 15.4 Å². The third-order valence-electron chi connectivity index (χ3n) is 5.74. The highest BCUT2D eigenvalue weighted by atomic mass is 16.7. The molecule has 7 N–H and O–H groups in total. The topological polar surface area (TPSA) is 213 Å². The van der Waals surface area contributed by atoms with Crippen molar-refractivity contribution in [3.8, 4) is 0 Å². The molecule has 14 nitrogen and oxygen atoms in total. The number of ether oxygens (including phenoxy) is 4. The number of hydrogen-bond acceptors (Lipinski definition) is 12. The van der Waals surface area contributed by atoms with Crippen molar-refractivity contribution in [1.29, 1.82) is 0 Å². The van der Waals surface area contributed by atoms with Gasteiger partial charge >= 0.3 is 5.97 Å². The summed E-state index contributed by atoms with van der Waals surface area (Å²) < 4.78 is 21.7. The van der Waals surface area contributed by atoms with E-state index >= 15 is 0 Å². The zero-order valence-corrected chi connectivity index (χ0v) is 19.6. The van der Waals surface area contributed by atoms with Crippen molar-refractivity contribution in [3.63, 3.8) is 0 Å².